The van der Waals surface area contributed by atoms with Gasteiger partial charge < -0.3 is 15.2 Å². The SMILES string of the molecule is CCc1nncn1CCNC(=NC)NCCc1ccc(C)cc1. The Balaban J connectivity index is 1.70. The van der Waals surface area contributed by atoms with Crippen molar-refractivity contribution >= 4 is 5.96 Å². The highest BCUT2D eigenvalue weighted by molar-refractivity contribution is 5.79. The molecule has 1 heterocycles. The smallest absolute Gasteiger partial charge is 0.191 e. The molecule has 0 spiro atoms. The van der Waals surface area contributed by atoms with Crippen LogP contribution in [0.4, 0.5) is 0 Å². The molecular weight excluding hydrogens is 288 g/mol. The largest absolute Gasteiger partial charge is 0.356 e. The highest BCUT2D eigenvalue weighted by atomic mass is 15.3. The molecule has 0 bridgehead atoms. The molecular formula is C17H26N6. The van der Waals surface area contributed by atoms with Crippen LogP contribution in [0.1, 0.15) is 23.9 Å². The number of aliphatic imine (C=N–C) groups is 1. The van der Waals surface area contributed by atoms with Crippen molar-refractivity contribution in [2.24, 2.45) is 4.99 Å². The van der Waals surface area contributed by atoms with E-state index in [1.54, 1.807) is 13.4 Å². The summed E-state index contributed by atoms with van der Waals surface area (Å²) in [5.41, 5.74) is 2.62. The highest BCUT2D eigenvalue weighted by Crippen LogP contribution is 2.03. The molecule has 0 amide bonds. The molecule has 23 heavy (non-hydrogen) atoms. The Morgan fingerprint density at radius 3 is 2.61 bits per heavy atom. The molecule has 0 saturated heterocycles. The third-order valence-corrected chi connectivity index (χ3v) is 3.71. The molecule has 0 atom stereocenters. The summed E-state index contributed by atoms with van der Waals surface area (Å²) in [7, 11) is 1.79. The molecule has 0 unspecified atom stereocenters. The van der Waals surface area contributed by atoms with Crippen molar-refractivity contribution in [2.75, 3.05) is 20.1 Å². The van der Waals surface area contributed by atoms with Crippen LogP contribution in [0, 0.1) is 6.92 Å². The van der Waals surface area contributed by atoms with Crippen LogP contribution in [0.3, 0.4) is 0 Å². The zero-order valence-corrected chi connectivity index (χ0v) is 14.2. The summed E-state index contributed by atoms with van der Waals surface area (Å²) in [4.78, 5) is 4.25. The fourth-order valence-electron chi connectivity index (χ4n) is 2.33. The number of nitrogens with one attached hydrogen (secondary N) is 2. The normalized spacial score (nSPS) is 11.5. The average molecular weight is 314 g/mol. The van der Waals surface area contributed by atoms with Crippen LogP contribution < -0.4 is 10.6 Å². The van der Waals surface area contributed by atoms with Crippen LogP contribution in [-0.2, 0) is 19.4 Å². The van der Waals surface area contributed by atoms with Gasteiger partial charge in [-0.2, -0.15) is 0 Å². The van der Waals surface area contributed by atoms with Crippen LogP contribution in [0.2, 0.25) is 0 Å². The summed E-state index contributed by atoms with van der Waals surface area (Å²) in [5, 5.41) is 14.7. The van der Waals surface area contributed by atoms with Gasteiger partial charge in [0.05, 0.1) is 0 Å². The number of nitrogens with zero attached hydrogens (tertiary/aromatic N) is 4. The summed E-state index contributed by atoms with van der Waals surface area (Å²) < 4.78 is 2.06. The third-order valence-electron chi connectivity index (χ3n) is 3.71. The monoisotopic (exact) mass is 314 g/mol. The van der Waals surface area contributed by atoms with Gasteiger partial charge in [-0.25, -0.2) is 0 Å². The van der Waals surface area contributed by atoms with E-state index < -0.39 is 0 Å². The quantitative estimate of drug-likeness (QED) is 0.601. The Morgan fingerprint density at radius 1 is 1.17 bits per heavy atom. The van der Waals surface area contributed by atoms with Gasteiger partial charge in [0, 0.05) is 33.1 Å². The van der Waals surface area contributed by atoms with Gasteiger partial charge in [-0.3, -0.25) is 4.99 Å². The first-order valence-corrected chi connectivity index (χ1v) is 8.09. The number of aryl methyl sites for hydroxylation is 2. The second-order valence-corrected chi connectivity index (χ2v) is 5.46. The van der Waals surface area contributed by atoms with Gasteiger partial charge in [-0.1, -0.05) is 36.8 Å². The van der Waals surface area contributed by atoms with Crippen molar-refractivity contribution in [3.05, 3.63) is 47.5 Å². The van der Waals surface area contributed by atoms with Crippen LogP contribution in [0.15, 0.2) is 35.6 Å². The Morgan fingerprint density at radius 2 is 1.91 bits per heavy atom. The van der Waals surface area contributed by atoms with E-state index in [1.165, 1.54) is 11.1 Å². The lowest BCUT2D eigenvalue weighted by molar-refractivity contribution is 0.632. The predicted molar refractivity (Wildman–Crippen MR) is 93.6 cm³/mol. The second kappa shape index (κ2) is 8.92. The van der Waals surface area contributed by atoms with E-state index >= 15 is 0 Å². The van der Waals surface area contributed by atoms with Crippen LogP contribution in [-0.4, -0.2) is 40.9 Å². The highest BCUT2D eigenvalue weighted by Gasteiger charge is 2.02. The maximum Gasteiger partial charge on any atom is 0.191 e. The lowest BCUT2D eigenvalue weighted by Gasteiger charge is -2.12. The number of rotatable bonds is 7. The second-order valence-electron chi connectivity index (χ2n) is 5.46. The lowest BCUT2D eigenvalue weighted by atomic mass is 10.1. The minimum absolute atomic E-state index is 0.787. The molecule has 2 aromatic rings. The van der Waals surface area contributed by atoms with Crippen molar-refractivity contribution in [1.29, 1.82) is 0 Å². The average Bonchev–Trinajstić information content (AvgIpc) is 3.02. The number of aromatic nitrogens is 3. The Bertz CT molecular complexity index is 614. The summed E-state index contributed by atoms with van der Waals surface area (Å²) in [6.07, 6.45) is 3.64. The van der Waals surface area contributed by atoms with Gasteiger partial charge in [0.15, 0.2) is 5.96 Å². The third kappa shape index (κ3) is 5.39. The number of hydrogen-bond acceptors (Lipinski definition) is 3. The summed E-state index contributed by atoms with van der Waals surface area (Å²) in [6, 6.07) is 8.64. The number of guanidine groups is 1. The van der Waals surface area contributed by atoms with Crippen LogP contribution in [0.5, 0.6) is 0 Å². The van der Waals surface area contributed by atoms with Gasteiger partial charge in [-0.05, 0) is 18.9 Å². The van der Waals surface area contributed by atoms with E-state index in [1.807, 2.05) is 0 Å². The first-order valence-electron chi connectivity index (χ1n) is 8.09. The Hall–Kier alpha value is -2.37. The van der Waals surface area contributed by atoms with E-state index in [0.717, 1.165) is 44.3 Å². The van der Waals surface area contributed by atoms with Crippen LogP contribution in [0.25, 0.3) is 0 Å². The first-order chi connectivity index (χ1) is 11.2. The van der Waals surface area contributed by atoms with Gasteiger partial charge >= 0.3 is 0 Å². The molecule has 0 fully saturated rings. The zero-order valence-electron chi connectivity index (χ0n) is 14.2. The molecule has 1 aromatic carbocycles. The van der Waals surface area contributed by atoms with E-state index in [4.69, 9.17) is 0 Å². The number of benzene rings is 1. The van der Waals surface area contributed by atoms with E-state index in [-0.39, 0.29) is 0 Å². The van der Waals surface area contributed by atoms with Gasteiger partial charge in [0.25, 0.3) is 0 Å². The molecule has 6 heteroatoms. The molecule has 2 N–H and O–H groups in total. The fraction of sp³-hybridized carbons (Fsp3) is 0.471. The first kappa shape index (κ1) is 17.0. The summed E-state index contributed by atoms with van der Waals surface area (Å²) in [5.74, 6) is 1.83. The Labute approximate surface area is 138 Å². The predicted octanol–water partition coefficient (Wildman–Crippen LogP) is 1.56. The van der Waals surface area contributed by atoms with Crippen molar-refractivity contribution < 1.29 is 0 Å². The fourth-order valence-corrected chi connectivity index (χ4v) is 2.33. The minimum Gasteiger partial charge on any atom is -0.356 e. The van der Waals surface area contributed by atoms with Crippen molar-refractivity contribution in [3.63, 3.8) is 0 Å². The molecule has 1 aromatic heterocycles. The molecule has 0 aliphatic carbocycles. The molecule has 0 radical (unpaired) electrons. The van der Waals surface area contributed by atoms with Crippen molar-refractivity contribution in [1.82, 2.24) is 25.4 Å². The maximum absolute atomic E-state index is 4.25. The Kier molecular flexibility index (Phi) is 6.59. The van der Waals surface area contributed by atoms with Crippen molar-refractivity contribution in [2.45, 2.75) is 33.2 Å². The zero-order chi connectivity index (χ0) is 16.5. The van der Waals surface area contributed by atoms with Gasteiger partial charge in [0.2, 0.25) is 0 Å². The molecule has 2 rings (SSSR count). The molecule has 124 valence electrons. The molecule has 0 aliphatic rings. The number of hydrogen-bond donors (Lipinski definition) is 2. The van der Waals surface area contributed by atoms with Crippen LogP contribution >= 0.6 is 0 Å². The molecule has 0 saturated carbocycles. The van der Waals surface area contributed by atoms with Crippen molar-refractivity contribution in [3.8, 4) is 0 Å². The summed E-state index contributed by atoms with van der Waals surface area (Å²) in [6.45, 7) is 6.66. The molecule has 6 nitrogen and oxygen atoms in total. The van der Waals surface area contributed by atoms with Gasteiger partial charge in [-0.15, -0.1) is 10.2 Å². The minimum atomic E-state index is 0.787. The summed E-state index contributed by atoms with van der Waals surface area (Å²) >= 11 is 0. The molecule has 0 aliphatic heterocycles. The topological polar surface area (TPSA) is 67.1 Å². The van der Waals surface area contributed by atoms with E-state index in [0.29, 0.717) is 0 Å². The van der Waals surface area contributed by atoms with E-state index in [9.17, 15) is 0 Å². The van der Waals surface area contributed by atoms with E-state index in [2.05, 4.69) is 68.5 Å². The van der Waals surface area contributed by atoms with Gasteiger partial charge in [0.1, 0.15) is 12.2 Å². The lowest BCUT2D eigenvalue weighted by Crippen LogP contribution is -2.39. The standard InChI is InChI=1S/C17H26N6/c1-4-16-22-21-13-23(16)12-11-20-17(18-3)19-10-9-15-7-5-14(2)6-8-15/h5-8,13H,4,9-12H2,1-3H3,(H2,18,19,20). The maximum atomic E-state index is 4.25.